The van der Waals surface area contributed by atoms with Gasteiger partial charge in [0.1, 0.15) is 0 Å². The van der Waals surface area contributed by atoms with Gasteiger partial charge in [0.05, 0.1) is 33.8 Å². The van der Waals surface area contributed by atoms with Gasteiger partial charge in [-0.25, -0.2) is 4.99 Å². The SMILES string of the molecule is CNCCc1c[nH]c2c1C(=O)C(C1=NC3=CC=CC(=O)C3=C1CCN(C)C)=CC2=O. The van der Waals surface area contributed by atoms with Gasteiger partial charge in [0.25, 0.3) is 0 Å². The number of hydrogen-bond acceptors (Lipinski definition) is 6. The molecule has 4 rings (SSSR count). The second-order valence-corrected chi connectivity index (χ2v) is 7.81. The molecule has 0 fully saturated rings. The molecule has 2 heterocycles. The molecule has 7 heteroatoms. The summed E-state index contributed by atoms with van der Waals surface area (Å²) < 4.78 is 0. The van der Waals surface area contributed by atoms with Crippen LogP contribution in [0.2, 0.25) is 0 Å². The first-order valence-electron chi connectivity index (χ1n) is 9.98. The first-order chi connectivity index (χ1) is 14.4. The molecular formula is C23H24N4O3. The zero-order chi connectivity index (χ0) is 21.4. The number of aromatic amines is 1. The summed E-state index contributed by atoms with van der Waals surface area (Å²) in [6, 6.07) is 0. The Balaban J connectivity index is 1.78. The number of aromatic nitrogens is 1. The van der Waals surface area contributed by atoms with E-state index in [0.717, 1.165) is 11.1 Å². The Morgan fingerprint density at radius 2 is 1.93 bits per heavy atom. The second kappa shape index (κ2) is 7.93. The summed E-state index contributed by atoms with van der Waals surface area (Å²) in [5, 5.41) is 3.07. The molecule has 1 aliphatic heterocycles. The fraction of sp³-hybridized carbons (Fsp3) is 0.304. The number of hydrogen-bond donors (Lipinski definition) is 2. The molecule has 0 radical (unpaired) electrons. The van der Waals surface area contributed by atoms with Crippen molar-refractivity contribution in [3.8, 4) is 0 Å². The molecule has 30 heavy (non-hydrogen) atoms. The van der Waals surface area contributed by atoms with Crippen LogP contribution in [0, 0.1) is 0 Å². The van der Waals surface area contributed by atoms with Crippen molar-refractivity contribution >= 4 is 23.1 Å². The van der Waals surface area contributed by atoms with Crippen molar-refractivity contribution in [3.05, 3.63) is 69.7 Å². The summed E-state index contributed by atoms with van der Waals surface area (Å²) in [4.78, 5) is 48.4. The van der Waals surface area contributed by atoms with Crippen LogP contribution in [0.1, 0.15) is 32.8 Å². The molecule has 0 amide bonds. The molecule has 0 saturated heterocycles. The van der Waals surface area contributed by atoms with Gasteiger partial charge in [-0.3, -0.25) is 14.4 Å². The van der Waals surface area contributed by atoms with Crippen LogP contribution in [0.5, 0.6) is 0 Å². The summed E-state index contributed by atoms with van der Waals surface area (Å²) in [6.45, 7) is 1.39. The summed E-state index contributed by atoms with van der Waals surface area (Å²) >= 11 is 0. The fourth-order valence-corrected chi connectivity index (χ4v) is 3.98. The number of nitrogens with one attached hydrogen (secondary N) is 2. The van der Waals surface area contributed by atoms with E-state index in [1.807, 2.05) is 26.0 Å². The Kier molecular flexibility index (Phi) is 5.32. The number of allylic oxidation sites excluding steroid dienone is 6. The summed E-state index contributed by atoms with van der Waals surface area (Å²) in [5.41, 5.74) is 4.08. The predicted octanol–water partition coefficient (Wildman–Crippen LogP) is 1.81. The van der Waals surface area contributed by atoms with Gasteiger partial charge >= 0.3 is 0 Å². The van der Waals surface area contributed by atoms with E-state index in [0.29, 0.717) is 54.2 Å². The molecule has 0 spiro atoms. The number of nitrogens with zero attached hydrogens (tertiary/aromatic N) is 2. The normalized spacial score (nSPS) is 18.0. The lowest BCUT2D eigenvalue weighted by atomic mass is 9.85. The zero-order valence-corrected chi connectivity index (χ0v) is 17.3. The Bertz CT molecular complexity index is 1110. The van der Waals surface area contributed by atoms with Gasteiger partial charge in [-0.15, -0.1) is 0 Å². The van der Waals surface area contributed by atoms with Gasteiger partial charge in [0, 0.05) is 18.8 Å². The number of aliphatic imine (C=N–C) groups is 1. The number of rotatable bonds is 7. The van der Waals surface area contributed by atoms with Gasteiger partial charge in [0.2, 0.25) is 5.78 Å². The number of likely N-dealkylation sites (N-methyl/N-ethyl adjacent to an activating group) is 1. The molecule has 3 aliphatic rings. The van der Waals surface area contributed by atoms with Crippen molar-refractivity contribution in [1.29, 1.82) is 0 Å². The lowest BCUT2D eigenvalue weighted by Gasteiger charge is -2.17. The third-order valence-corrected chi connectivity index (χ3v) is 5.49. The molecule has 0 unspecified atom stereocenters. The number of carbonyl (C=O) groups is 3. The van der Waals surface area contributed by atoms with Crippen LogP contribution in [0.15, 0.2) is 57.9 Å². The molecule has 2 aliphatic carbocycles. The molecule has 0 atom stereocenters. The van der Waals surface area contributed by atoms with Crippen molar-refractivity contribution in [2.24, 2.45) is 4.99 Å². The van der Waals surface area contributed by atoms with Gasteiger partial charge in [-0.05, 0) is 63.8 Å². The number of Topliss-reactive ketones (excluding diaryl/α,β-unsaturated/α-hetero) is 1. The molecule has 1 aromatic rings. The van der Waals surface area contributed by atoms with Crippen molar-refractivity contribution < 1.29 is 14.4 Å². The quantitative estimate of drug-likeness (QED) is 0.723. The number of fused-ring (bicyclic) bond motifs is 2. The van der Waals surface area contributed by atoms with Crippen LogP contribution in [-0.2, 0) is 11.2 Å². The van der Waals surface area contributed by atoms with Crippen molar-refractivity contribution in [2.75, 3.05) is 34.2 Å². The molecule has 0 saturated carbocycles. The number of carbonyl (C=O) groups excluding carboxylic acids is 3. The maximum atomic E-state index is 13.5. The van der Waals surface area contributed by atoms with Crippen LogP contribution in [0.4, 0.5) is 0 Å². The topological polar surface area (TPSA) is 94.6 Å². The van der Waals surface area contributed by atoms with E-state index in [1.54, 1.807) is 18.3 Å². The van der Waals surface area contributed by atoms with E-state index < -0.39 is 0 Å². The molecule has 0 aromatic carbocycles. The Hall–Kier alpha value is -3.16. The smallest absolute Gasteiger partial charge is 0.203 e. The predicted molar refractivity (Wildman–Crippen MR) is 115 cm³/mol. The van der Waals surface area contributed by atoms with Gasteiger partial charge in [0.15, 0.2) is 11.6 Å². The average molecular weight is 404 g/mol. The fourth-order valence-electron chi connectivity index (χ4n) is 3.98. The maximum Gasteiger partial charge on any atom is 0.203 e. The maximum absolute atomic E-state index is 13.5. The van der Waals surface area contributed by atoms with Crippen molar-refractivity contribution in [2.45, 2.75) is 12.8 Å². The monoisotopic (exact) mass is 404 g/mol. The van der Waals surface area contributed by atoms with E-state index in [9.17, 15) is 14.4 Å². The lowest BCUT2D eigenvalue weighted by Crippen LogP contribution is -2.25. The van der Waals surface area contributed by atoms with Crippen molar-refractivity contribution in [1.82, 2.24) is 15.2 Å². The Labute approximate surface area is 174 Å². The highest BCUT2D eigenvalue weighted by Crippen LogP contribution is 2.36. The van der Waals surface area contributed by atoms with Gasteiger partial charge in [-0.2, -0.15) is 0 Å². The third-order valence-electron chi connectivity index (χ3n) is 5.49. The highest BCUT2D eigenvalue weighted by Gasteiger charge is 2.37. The lowest BCUT2D eigenvalue weighted by molar-refractivity contribution is -0.111. The van der Waals surface area contributed by atoms with E-state index in [4.69, 9.17) is 0 Å². The van der Waals surface area contributed by atoms with Gasteiger partial charge in [-0.1, -0.05) is 6.08 Å². The van der Waals surface area contributed by atoms with E-state index in [-0.39, 0.29) is 22.9 Å². The van der Waals surface area contributed by atoms with Crippen LogP contribution in [0.25, 0.3) is 0 Å². The Morgan fingerprint density at radius 1 is 1.13 bits per heavy atom. The minimum absolute atomic E-state index is 0.118. The summed E-state index contributed by atoms with van der Waals surface area (Å²) in [5.74, 6) is -0.589. The zero-order valence-electron chi connectivity index (χ0n) is 17.3. The second-order valence-electron chi connectivity index (χ2n) is 7.81. The first-order valence-corrected chi connectivity index (χ1v) is 9.98. The van der Waals surface area contributed by atoms with Crippen LogP contribution >= 0.6 is 0 Å². The molecule has 2 N–H and O–H groups in total. The molecule has 1 aromatic heterocycles. The van der Waals surface area contributed by atoms with Gasteiger partial charge < -0.3 is 15.2 Å². The first kappa shape index (κ1) is 20.1. The average Bonchev–Trinajstić information content (AvgIpc) is 3.30. The van der Waals surface area contributed by atoms with E-state index in [2.05, 4.69) is 15.3 Å². The molecule has 7 nitrogen and oxygen atoms in total. The minimum atomic E-state index is -0.247. The molecular weight excluding hydrogens is 380 g/mol. The molecule has 154 valence electrons. The highest BCUT2D eigenvalue weighted by molar-refractivity contribution is 6.41. The standard InChI is InChI=1S/C23H24N4O3/c1-24-9-7-13-12-25-22-18(29)11-15(23(30)19(13)22)21-14(8-10-27(2)3)20-16(26-21)5-4-6-17(20)28/h4-6,11-12,24-25H,7-10H2,1-3H3. The summed E-state index contributed by atoms with van der Waals surface area (Å²) in [6.07, 6.45) is 9.22. The van der Waals surface area contributed by atoms with E-state index >= 15 is 0 Å². The largest absolute Gasteiger partial charge is 0.358 e. The number of ketones is 3. The van der Waals surface area contributed by atoms with Crippen LogP contribution < -0.4 is 5.32 Å². The van der Waals surface area contributed by atoms with Crippen LogP contribution in [0.3, 0.4) is 0 Å². The van der Waals surface area contributed by atoms with Crippen LogP contribution in [-0.4, -0.2) is 67.2 Å². The third kappa shape index (κ3) is 3.36. The molecule has 0 bridgehead atoms. The highest BCUT2D eigenvalue weighted by atomic mass is 16.1. The van der Waals surface area contributed by atoms with E-state index in [1.165, 1.54) is 12.2 Å². The minimum Gasteiger partial charge on any atom is -0.358 e. The van der Waals surface area contributed by atoms with Crippen molar-refractivity contribution in [3.63, 3.8) is 0 Å². The number of H-pyrrole nitrogens is 1. The Morgan fingerprint density at radius 3 is 2.67 bits per heavy atom. The summed E-state index contributed by atoms with van der Waals surface area (Å²) in [7, 11) is 5.74.